The van der Waals surface area contributed by atoms with Gasteiger partial charge in [0.2, 0.25) is 0 Å². The second-order valence-electron chi connectivity index (χ2n) is 2.62. The molecule has 13 heavy (non-hydrogen) atoms. The molecular weight excluding hydrogens is 170 g/mol. The van der Waals surface area contributed by atoms with Crippen LogP contribution >= 0.6 is 0 Å². The fourth-order valence-corrected chi connectivity index (χ4v) is 0.914. The molecular formula is C8H15N3O2. The lowest BCUT2D eigenvalue weighted by molar-refractivity contribution is 0.0960. The van der Waals surface area contributed by atoms with Gasteiger partial charge in [0.05, 0.1) is 13.2 Å². The van der Waals surface area contributed by atoms with Crippen molar-refractivity contribution in [3.63, 3.8) is 0 Å². The van der Waals surface area contributed by atoms with E-state index in [1.165, 1.54) is 6.33 Å². The van der Waals surface area contributed by atoms with Gasteiger partial charge >= 0.3 is 0 Å². The predicted molar refractivity (Wildman–Crippen MR) is 47.3 cm³/mol. The zero-order valence-electron chi connectivity index (χ0n) is 7.85. The zero-order chi connectivity index (χ0) is 9.36. The lowest BCUT2D eigenvalue weighted by atomic mass is 10.5. The lowest BCUT2D eigenvalue weighted by Crippen LogP contribution is -2.08. The summed E-state index contributed by atoms with van der Waals surface area (Å²) >= 11 is 0. The predicted octanol–water partition coefficient (Wildman–Crippen LogP) is 0.331. The Morgan fingerprint density at radius 2 is 2.23 bits per heavy atom. The molecule has 0 aromatic carbocycles. The molecule has 1 aromatic rings. The van der Waals surface area contributed by atoms with Gasteiger partial charge in [-0.1, -0.05) is 0 Å². The van der Waals surface area contributed by atoms with Gasteiger partial charge in [-0.2, -0.15) is 5.10 Å². The molecule has 0 radical (unpaired) electrons. The number of ether oxygens (including phenoxy) is 2. The number of rotatable bonds is 7. The summed E-state index contributed by atoms with van der Waals surface area (Å²) in [5, 5.41) is 3.95. The molecule has 0 bridgehead atoms. The molecule has 5 nitrogen and oxygen atoms in total. The summed E-state index contributed by atoms with van der Waals surface area (Å²) in [6, 6.07) is 0. The van der Waals surface area contributed by atoms with Crippen LogP contribution in [0.2, 0.25) is 0 Å². The van der Waals surface area contributed by atoms with Crippen molar-refractivity contribution in [2.24, 2.45) is 0 Å². The minimum Gasteiger partial charge on any atom is -0.385 e. The molecule has 0 aliphatic heterocycles. The number of hydrogen-bond donors (Lipinski definition) is 0. The first kappa shape index (κ1) is 10.1. The van der Waals surface area contributed by atoms with Crippen LogP contribution in [-0.4, -0.2) is 41.7 Å². The van der Waals surface area contributed by atoms with Gasteiger partial charge in [0.25, 0.3) is 0 Å². The van der Waals surface area contributed by atoms with Gasteiger partial charge in [-0.15, -0.1) is 0 Å². The molecule has 5 heteroatoms. The average molecular weight is 185 g/mol. The summed E-state index contributed by atoms with van der Waals surface area (Å²) in [5.41, 5.74) is 0. The van der Waals surface area contributed by atoms with E-state index in [9.17, 15) is 0 Å². The maximum Gasteiger partial charge on any atom is 0.137 e. The van der Waals surface area contributed by atoms with Crippen molar-refractivity contribution < 1.29 is 9.47 Å². The standard InChI is InChI=1S/C8H15N3O2/c1-12-4-2-5-13-6-3-11-8-9-7-10-11/h7-8H,2-6H2,1H3. The van der Waals surface area contributed by atoms with Crippen molar-refractivity contribution in [1.29, 1.82) is 0 Å². The summed E-state index contributed by atoms with van der Waals surface area (Å²) in [5.74, 6) is 0. The molecule has 0 fully saturated rings. The highest BCUT2D eigenvalue weighted by molar-refractivity contribution is 4.54. The van der Waals surface area contributed by atoms with E-state index in [2.05, 4.69) is 10.1 Å². The highest BCUT2D eigenvalue weighted by atomic mass is 16.5. The van der Waals surface area contributed by atoms with E-state index in [0.29, 0.717) is 6.61 Å². The van der Waals surface area contributed by atoms with Crippen molar-refractivity contribution in [3.05, 3.63) is 12.7 Å². The third kappa shape index (κ3) is 4.59. The number of hydrogen-bond acceptors (Lipinski definition) is 4. The molecule has 1 heterocycles. The molecule has 1 aromatic heterocycles. The third-order valence-electron chi connectivity index (χ3n) is 1.57. The van der Waals surface area contributed by atoms with Crippen LogP contribution in [0, 0.1) is 0 Å². The van der Waals surface area contributed by atoms with Crippen molar-refractivity contribution in [1.82, 2.24) is 14.8 Å². The van der Waals surface area contributed by atoms with Gasteiger partial charge in [-0.25, -0.2) is 4.98 Å². The van der Waals surface area contributed by atoms with Crippen LogP contribution in [0.25, 0.3) is 0 Å². The number of nitrogens with zero attached hydrogens (tertiary/aromatic N) is 3. The topological polar surface area (TPSA) is 49.2 Å². The second-order valence-corrected chi connectivity index (χ2v) is 2.62. The summed E-state index contributed by atoms with van der Waals surface area (Å²) in [4.78, 5) is 3.83. The molecule has 0 unspecified atom stereocenters. The Morgan fingerprint density at radius 3 is 2.92 bits per heavy atom. The van der Waals surface area contributed by atoms with Crippen molar-refractivity contribution in [2.45, 2.75) is 13.0 Å². The Balaban J connectivity index is 1.90. The first-order valence-electron chi connectivity index (χ1n) is 4.32. The van der Waals surface area contributed by atoms with E-state index < -0.39 is 0 Å². The molecule has 0 aliphatic carbocycles. The molecule has 0 saturated carbocycles. The molecule has 0 aliphatic rings. The first-order chi connectivity index (χ1) is 6.43. The van der Waals surface area contributed by atoms with Crippen molar-refractivity contribution in [2.75, 3.05) is 26.9 Å². The highest BCUT2D eigenvalue weighted by Gasteiger charge is 1.91. The monoisotopic (exact) mass is 185 g/mol. The van der Waals surface area contributed by atoms with E-state index in [-0.39, 0.29) is 0 Å². The van der Waals surface area contributed by atoms with Crippen molar-refractivity contribution >= 4 is 0 Å². The number of methoxy groups -OCH3 is 1. The minimum atomic E-state index is 0.674. The Labute approximate surface area is 77.7 Å². The Hall–Kier alpha value is -0.940. The minimum absolute atomic E-state index is 0.674. The van der Waals surface area contributed by atoms with E-state index in [1.54, 1.807) is 18.1 Å². The van der Waals surface area contributed by atoms with Gasteiger partial charge in [0.15, 0.2) is 0 Å². The van der Waals surface area contributed by atoms with Crippen LogP contribution in [0.4, 0.5) is 0 Å². The fourth-order valence-electron chi connectivity index (χ4n) is 0.914. The zero-order valence-corrected chi connectivity index (χ0v) is 7.85. The normalized spacial score (nSPS) is 10.5. The highest BCUT2D eigenvalue weighted by Crippen LogP contribution is 1.86. The first-order valence-corrected chi connectivity index (χ1v) is 4.32. The Kier molecular flexibility index (Phi) is 5.12. The average Bonchev–Trinajstić information content (AvgIpc) is 2.63. The van der Waals surface area contributed by atoms with Gasteiger partial charge in [0, 0.05) is 20.3 Å². The van der Waals surface area contributed by atoms with Crippen LogP contribution in [0.3, 0.4) is 0 Å². The second kappa shape index (κ2) is 6.56. The molecule has 0 spiro atoms. The number of aromatic nitrogens is 3. The van der Waals surface area contributed by atoms with Gasteiger partial charge in [-0.05, 0) is 6.42 Å². The van der Waals surface area contributed by atoms with E-state index in [4.69, 9.17) is 9.47 Å². The third-order valence-corrected chi connectivity index (χ3v) is 1.57. The van der Waals surface area contributed by atoms with Gasteiger partial charge in [-0.3, -0.25) is 4.68 Å². The summed E-state index contributed by atoms with van der Waals surface area (Å²) in [6.45, 7) is 2.92. The Morgan fingerprint density at radius 1 is 1.31 bits per heavy atom. The SMILES string of the molecule is COCCCOCCn1cncn1. The molecule has 0 saturated heterocycles. The summed E-state index contributed by atoms with van der Waals surface area (Å²) in [6.07, 6.45) is 4.14. The molecule has 0 N–H and O–H groups in total. The van der Waals surface area contributed by atoms with Crippen LogP contribution < -0.4 is 0 Å². The largest absolute Gasteiger partial charge is 0.385 e. The Bertz CT molecular complexity index is 201. The van der Waals surface area contributed by atoms with Crippen LogP contribution in [0.15, 0.2) is 12.7 Å². The maximum absolute atomic E-state index is 5.34. The summed E-state index contributed by atoms with van der Waals surface area (Å²) < 4.78 is 12.0. The molecule has 74 valence electrons. The van der Waals surface area contributed by atoms with Gasteiger partial charge in [0.1, 0.15) is 12.7 Å². The van der Waals surface area contributed by atoms with E-state index >= 15 is 0 Å². The lowest BCUT2D eigenvalue weighted by Gasteiger charge is -2.03. The van der Waals surface area contributed by atoms with Crippen LogP contribution in [0.5, 0.6) is 0 Å². The van der Waals surface area contributed by atoms with E-state index in [0.717, 1.165) is 26.2 Å². The molecule has 1 rings (SSSR count). The summed E-state index contributed by atoms with van der Waals surface area (Å²) in [7, 11) is 1.69. The maximum atomic E-state index is 5.34. The molecule has 0 atom stereocenters. The van der Waals surface area contributed by atoms with E-state index in [1.807, 2.05) is 0 Å². The van der Waals surface area contributed by atoms with Crippen LogP contribution in [0.1, 0.15) is 6.42 Å². The fraction of sp³-hybridized carbons (Fsp3) is 0.750. The van der Waals surface area contributed by atoms with Gasteiger partial charge < -0.3 is 9.47 Å². The molecule has 0 amide bonds. The quantitative estimate of drug-likeness (QED) is 0.574. The van der Waals surface area contributed by atoms with Crippen molar-refractivity contribution in [3.8, 4) is 0 Å². The smallest absolute Gasteiger partial charge is 0.137 e. The van der Waals surface area contributed by atoms with Crippen LogP contribution in [-0.2, 0) is 16.0 Å².